The lowest BCUT2D eigenvalue weighted by Crippen LogP contribution is -2.12. The number of fused-ring (bicyclic) bond motifs is 1. The second-order valence-electron chi connectivity index (χ2n) is 5.44. The third kappa shape index (κ3) is 3.22. The predicted octanol–water partition coefficient (Wildman–Crippen LogP) is 4.80. The first kappa shape index (κ1) is 15.4. The third-order valence-corrected chi connectivity index (χ3v) is 3.96. The maximum Gasteiger partial charge on any atom is 0.322 e. The van der Waals surface area contributed by atoms with Crippen molar-refractivity contribution in [3.8, 4) is 11.5 Å². The van der Waals surface area contributed by atoms with Gasteiger partial charge in [-0.3, -0.25) is 10.1 Å². The maximum absolute atomic E-state index is 12.4. The monoisotopic (exact) mass is 349 g/mol. The molecule has 0 aliphatic carbocycles. The van der Waals surface area contributed by atoms with Crippen LogP contribution in [0, 0.1) is 0 Å². The van der Waals surface area contributed by atoms with E-state index in [-0.39, 0.29) is 17.8 Å². The highest BCUT2D eigenvalue weighted by Crippen LogP contribution is 2.23. The number of hydrogen-bond donors (Lipinski definition) is 1. The van der Waals surface area contributed by atoms with Gasteiger partial charge in [0.1, 0.15) is 0 Å². The van der Waals surface area contributed by atoms with Gasteiger partial charge in [-0.1, -0.05) is 53.1 Å². The molecule has 1 amide bonds. The molecule has 4 aromatic rings. The summed E-state index contributed by atoms with van der Waals surface area (Å²) in [4.78, 5) is 12.4. The molecule has 0 spiro atoms. The Balaban J connectivity index is 1.56. The smallest absolute Gasteiger partial charge is 0.322 e. The predicted molar refractivity (Wildman–Crippen MR) is 96.6 cm³/mol. The summed E-state index contributed by atoms with van der Waals surface area (Å²) < 4.78 is 5.49. The van der Waals surface area contributed by atoms with Gasteiger partial charge < -0.3 is 4.42 Å². The minimum absolute atomic E-state index is 0.0353. The van der Waals surface area contributed by atoms with Crippen molar-refractivity contribution < 1.29 is 9.21 Å². The Morgan fingerprint density at radius 3 is 2.60 bits per heavy atom. The number of aromatic nitrogens is 2. The largest absolute Gasteiger partial charge is 0.403 e. The normalized spacial score (nSPS) is 10.8. The molecule has 0 radical (unpaired) electrons. The maximum atomic E-state index is 12.4. The topological polar surface area (TPSA) is 68.0 Å². The van der Waals surface area contributed by atoms with Crippen LogP contribution in [0.1, 0.15) is 10.4 Å². The van der Waals surface area contributed by atoms with Gasteiger partial charge in [0.15, 0.2) is 0 Å². The molecule has 1 N–H and O–H groups in total. The molecule has 0 saturated carbocycles. The third-order valence-electron chi connectivity index (χ3n) is 3.73. The van der Waals surface area contributed by atoms with Crippen LogP contribution in [0.4, 0.5) is 6.01 Å². The van der Waals surface area contributed by atoms with Crippen LogP contribution in [0.25, 0.3) is 22.2 Å². The number of benzene rings is 3. The summed E-state index contributed by atoms with van der Waals surface area (Å²) in [6.07, 6.45) is 0. The fourth-order valence-electron chi connectivity index (χ4n) is 2.51. The zero-order chi connectivity index (χ0) is 17.2. The van der Waals surface area contributed by atoms with E-state index in [0.717, 1.165) is 10.8 Å². The van der Waals surface area contributed by atoms with Crippen molar-refractivity contribution >= 4 is 34.3 Å². The SMILES string of the molecule is O=C(Nc1nnc(-c2cccc(Cl)c2)o1)c1ccc2ccccc2c1. The Bertz CT molecular complexity index is 1070. The second-order valence-corrected chi connectivity index (χ2v) is 5.88. The molecule has 0 atom stereocenters. The number of nitrogens with one attached hydrogen (secondary N) is 1. The molecule has 0 saturated heterocycles. The quantitative estimate of drug-likeness (QED) is 0.577. The molecule has 4 rings (SSSR count). The van der Waals surface area contributed by atoms with Gasteiger partial charge in [0.25, 0.3) is 5.91 Å². The van der Waals surface area contributed by atoms with Gasteiger partial charge in [0.2, 0.25) is 5.89 Å². The first-order valence-electron chi connectivity index (χ1n) is 7.59. The summed E-state index contributed by atoms with van der Waals surface area (Å²) in [5, 5.41) is 13.0. The van der Waals surface area contributed by atoms with Crippen LogP contribution >= 0.6 is 11.6 Å². The molecule has 0 aliphatic rings. The summed E-state index contributed by atoms with van der Waals surface area (Å²) in [6, 6.07) is 20.4. The lowest BCUT2D eigenvalue weighted by Gasteiger charge is -2.03. The van der Waals surface area contributed by atoms with Crippen LogP contribution in [-0.2, 0) is 0 Å². The Hall–Kier alpha value is -3.18. The van der Waals surface area contributed by atoms with Crippen LogP contribution in [0.15, 0.2) is 71.1 Å². The number of halogens is 1. The van der Waals surface area contributed by atoms with E-state index >= 15 is 0 Å². The number of amides is 1. The van der Waals surface area contributed by atoms with E-state index in [0.29, 0.717) is 16.1 Å². The minimum Gasteiger partial charge on any atom is -0.403 e. The van der Waals surface area contributed by atoms with Gasteiger partial charge in [-0.05, 0) is 41.1 Å². The molecular formula is C19H12ClN3O2. The molecule has 0 fully saturated rings. The highest BCUT2D eigenvalue weighted by molar-refractivity contribution is 6.30. The van der Waals surface area contributed by atoms with Crippen molar-refractivity contribution in [2.75, 3.05) is 5.32 Å². The van der Waals surface area contributed by atoms with Gasteiger partial charge in [-0.15, -0.1) is 5.10 Å². The Labute approximate surface area is 148 Å². The summed E-state index contributed by atoms with van der Waals surface area (Å²) in [5.41, 5.74) is 1.20. The molecule has 0 unspecified atom stereocenters. The van der Waals surface area contributed by atoms with E-state index in [1.165, 1.54) is 0 Å². The Morgan fingerprint density at radius 1 is 0.920 bits per heavy atom. The first-order chi connectivity index (χ1) is 12.2. The number of carbonyl (C=O) groups excluding carboxylic acids is 1. The van der Waals surface area contributed by atoms with Crippen molar-refractivity contribution in [1.29, 1.82) is 0 Å². The minimum atomic E-state index is -0.313. The van der Waals surface area contributed by atoms with Crippen LogP contribution in [0.5, 0.6) is 0 Å². The molecule has 5 nitrogen and oxygen atoms in total. The van der Waals surface area contributed by atoms with Crippen LogP contribution in [0.2, 0.25) is 5.02 Å². The number of anilines is 1. The molecule has 25 heavy (non-hydrogen) atoms. The molecular weight excluding hydrogens is 338 g/mol. The summed E-state index contributed by atoms with van der Waals surface area (Å²) in [7, 11) is 0. The van der Waals surface area contributed by atoms with Crippen molar-refractivity contribution in [2.45, 2.75) is 0 Å². The van der Waals surface area contributed by atoms with Crippen LogP contribution in [-0.4, -0.2) is 16.1 Å². The fraction of sp³-hybridized carbons (Fsp3) is 0. The van der Waals surface area contributed by atoms with Crippen LogP contribution in [0.3, 0.4) is 0 Å². The molecule has 122 valence electrons. The zero-order valence-corrected chi connectivity index (χ0v) is 13.7. The molecule has 0 bridgehead atoms. The van der Waals surface area contributed by atoms with Gasteiger partial charge in [0.05, 0.1) is 0 Å². The van der Waals surface area contributed by atoms with Crippen molar-refractivity contribution in [3.05, 3.63) is 77.3 Å². The van der Waals surface area contributed by atoms with E-state index in [9.17, 15) is 4.79 Å². The van der Waals surface area contributed by atoms with E-state index in [1.54, 1.807) is 30.3 Å². The standard InChI is InChI=1S/C19H12ClN3O2/c20-16-7-3-6-15(11-16)18-22-23-19(25-18)21-17(24)14-9-8-12-4-1-2-5-13(12)10-14/h1-11H,(H,21,23,24). The van der Waals surface area contributed by atoms with E-state index in [4.69, 9.17) is 16.0 Å². The Morgan fingerprint density at radius 2 is 1.76 bits per heavy atom. The highest BCUT2D eigenvalue weighted by Gasteiger charge is 2.13. The number of nitrogens with zero attached hydrogens (tertiary/aromatic N) is 2. The zero-order valence-electron chi connectivity index (χ0n) is 12.9. The molecule has 0 aliphatic heterocycles. The van der Waals surface area contributed by atoms with Crippen LogP contribution < -0.4 is 5.32 Å². The summed E-state index contributed by atoms with van der Waals surface area (Å²) in [6.45, 7) is 0. The van der Waals surface area contributed by atoms with E-state index < -0.39 is 0 Å². The molecule has 1 heterocycles. The number of carbonyl (C=O) groups is 1. The van der Waals surface area contributed by atoms with E-state index in [2.05, 4.69) is 15.5 Å². The molecule has 6 heteroatoms. The van der Waals surface area contributed by atoms with Crippen molar-refractivity contribution in [3.63, 3.8) is 0 Å². The van der Waals surface area contributed by atoms with Crippen molar-refractivity contribution in [1.82, 2.24) is 10.2 Å². The lowest BCUT2D eigenvalue weighted by atomic mass is 10.1. The highest BCUT2D eigenvalue weighted by atomic mass is 35.5. The van der Waals surface area contributed by atoms with Gasteiger partial charge in [-0.2, -0.15) is 0 Å². The molecule has 3 aromatic carbocycles. The summed E-state index contributed by atoms with van der Waals surface area (Å²) in [5.74, 6) is -0.0247. The van der Waals surface area contributed by atoms with Gasteiger partial charge in [0, 0.05) is 16.1 Å². The van der Waals surface area contributed by atoms with Crippen molar-refractivity contribution in [2.24, 2.45) is 0 Å². The first-order valence-corrected chi connectivity index (χ1v) is 7.96. The summed E-state index contributed by atoms with van der Waals surface area (Å²) >= 11 is 5.95. The van der Waals surface area contributed by atoms with Gasteiger partial charge in [-0.25, -0.2) is 0 Å². The Kier molecular flexibility index (Phi) is 3.91. The average Bonchev–Trinajstić information content (AvgIpc) is 3.10. The number of rotatable bonds is 3. The lowest BCUT2D eigenvalue weighted by molar-refractivity contribution is 0.102. The number of hydrogen-bond acceptors (Lipinski definition) is 4. The van der Waals surface area contributed by atoms with E-state index in [1.807, 2.05) is 36.4 Å². The average molecular weight is 350 g/mol. The molecule has 1 aromatic heterocycles. The van der Waals surface area contributed by atoms with Gasteiger partial charge >= 0.3 is 6.01 Å². The second kappa shape index (κ2) is 6.37. The fourth-order valence-corrected chi connectivity index (χ4v) is 2.70.